The first-order valence-electron chi connectivity index (χ1n) is 5.65. The molecule has 2 aromatic rings. The number of methoxy groups -OCH3 is 1. The molecule has 0 spiro atoms. The predicted molar refractivity (Wildman–Crippen MR) is 70.4 cm³/mol. The van der Waals surface area contributed by atoms with Crippen LogP contribution in [0.15, 0.2) is 41.6 Å². The number of rotatable bonds is 4. The van der Waals surface area contributed by atoms with Gasteiger partial charge in [0.2, 0.25) is 0 Å². The van der Waals surface area contributed by atoms with Crippen molar-refractivity contribution in [1.82, 2.24) is 9.55 Å². The predicted octanol–water partition coefficient (Wildman–Crippen LogP) is -1.02. The first kappa shape index (κ1) is 13.3. The molecule has 0 amide bonds. The van der Waals surface area contributed by atoms with Crippen LogP contribution in [0.25, 0.3) is 0 Å². The standard InChI is InChI=1S/C12H13BN2O4/c1-19-10-2-3-11(13(17)18)9(6-10)7-15-8-14-5-4-12(15)16/h2-6,8,17-18H,7H2,1H3. The van der Waals surface area contributed by atoms with Crippen molar-refractivity contribution in [2.75, 3.05) is 7.11 Å². The SMILES string of the molecule is COc1ccc(B(O)O)c(Cn2cnccc2=O)c1. The Morgan fingerprint density at radius 3 is 2.79 bits per heavy atom. The van der Waals surface area contributed by atoms with Crippen LogP contribution >= 0.6 is 0 Å². The van der Waals surface area contributed by atoms with Crippen molar-refractivity contribution in [3.05, 3.63) is 52.7 Å². The van der Waals surface area contributed by atoms with E-state index in [1.165, 1.54) is 30.3 Å². The van der Waals surface area contributed by atoms with E-state index in [4.69, 9.17) is 4.74 Å². The van der Waals surface area contributed by atoms with E-state index >= 15 is 0 Å². The molecule has 0 aliphatic rings. The Morgan fingerprint density at radius 2 is 2.16 bits per heavy atom. The Morgan fingerprint density at radius 1 is 1.37 bits per heavy atom. The van der Waals surface area contributed by atoms with Crippen LogP contribution in [0.2, 0.25) is 0 Å². The van der Waals surface area contributed by atoms with Crippen molar-refractivity contribution in [1.29, 1.82) is 0 Å². The molecule has 98 valence electrons. The molecule has 0 aliphatic carbocycles. The molecule has 6 nitrogen and oxygen atoms in total. The number of aromatic nitrogens is 2. The summed E-state index contributed by atoms with van der Waals surface area (Å²) in [5, 5.41) is 18.7. The number of ether oxygens (including phenoxy) is 1. The summed E-state index contributed by atoms with van der Waals surface area (Å²) in [6, 6.07) is 6.19. The highest BCUT2D eigenvalue weighted by Gasteiger charge is 2.17. The van der Waals surface area contributed by atoms with Gasteiger partial charge in [-0.3, -0.25) is 9.36 Å². The van der Waals surface area contributed by atoms with E-state index in [9.17, 15) is 14.8 Å². The zero-order valence-corrected chi connectivity index (χ0v) is 10.4. The van der Waals surface area contributed by atoms with Crippen molar-refractivity contribution in [3.63, 3.8) is 0 Å². The number of nitrogens with zero attached hydrogens (tertiary/aromatic N) is 2. The molecule has 0 saturated heterocycles. The molecule has 0 fully saturated rings. The van der Waals surface area contributed by atoms with E-state index in [1.54, 1.807) is 18.2 Å². The average molecular weight is 260 g/mol. The van der Waals surface area contributed by atoms with Gasteiger partial charge in [0.15, 0.2) is 0 Å². The zero-order valence-electron chi connectivity index (χ0n) is 10.4. The first-order chi connectivity index (χ1) is 9.11. The van der Waals surface area contributed by atoms with Crippen molar-refractivity contribution >= 4 is 12.6 Å². The van der Waals surface area contributed by atoms with Gasteiger partial charge in [-0.25, -0.2) is 4.98 Å². The summed E-state index contributed by atoms with van der Waals surface area (Å²) in [4.78, 5) is 15.5. The van der Waals surface area contributed by atoms with E-state index < -0.39 is 7.12 Å². The van der Waals surface area contributed by atoms with Gasteiger partial charge in [0.25, 0.3) is 5.56 Å². The molecule has 2 N–H and O–H groups in total. The Labute approximate surface area is 110 Å². The maximum Gasteiger partial charge on any atom is 0.488 e. The molecule has 0 aliphatic heterocycles. The highest BCUT2D eigenvalue weighted by Crippen LogP contribution is 2.12. The van der Waals surface area contributed by atoms with E-state index in [0.717, 1.165) is 0 Å². The highest BCUT2D eigenvalue weighted by molar-refractivity contribution is 6.59. The second-order valence-electron chi connectivity index (χ2n) is 3.98. The van der Waals surface area contributed by atoms with Gasteiger partial charge in [0, 0.05) is 12.3 Å². The first-order valence-corrected chi connectivity index (χ1v) is 5.65. The molecular formula is C12H13BN2O4. The smallest absolute Gasteiger partial charge is 0.488 e. The maximum atomic E-state index is 11.6. The van der Waals surface area contributed by atoms with Crippen LogP contribution in [0.1, 0.15) is 5.56 Å². The van der Waals surface area contributed by atoms with Gasteiger partial charge in [0.05, 0.1) is 20.0 Å². The fourth-order valence-corrected chi connectivity index (χ4v) is 1.78. The summed E-state index contributed by atoms with van der Waals surface area (Å²) >= 11 is 0. The number of hydrogen-bond donors (Lipinski definition) is 2. The monoisotopic (exact) mass is 260 g/mol. The largest absolute Gasteiger partial charge is 0.497 e. The molecular weight excluding hydrogens is 247 g/mol. The Balaban J connectivity index is 2.43. The van der Waals surface area contributed by atoms with Crippen LogP contribution in [0.3, 0.4) is 0 Å². The average Bonchev–Trinajstić information content (AvgIpc) is 2.41. The fraction of sp³-hybridized carbons (Fsp3) is 0.167. The van der Waals surface area contributed by atoms with Gasteiger partial charge in [-0.05, 0) is 23.2 Å². The van der Waals surface area contributed by atoms with E-state index in [1.807, 2.05) is 0 Å². The second-order valence-corrected chi connectivity index (χ2v) is 3.98. The number of hydrogen-bond acceptors (Lipinski definition) is 5. The van der Waals surface area contributed by atoms with Crippen LogP contribution in [0.5, 0.6) is 5.75 Å². The summed E-state index contributed by atoms with van der Waals surface area (Å²) in [7, 11) is -0.0852. The Kier molecular flexibility index (Phi) is 3.98. The summed E-state index contributed by atoms with van der Waals surface area (Å²) < 4.78 is 6.47. The fourth-order valence-electron chi connectivity index (χ4n) is 1.78. The van der Waals surface area contributed by atoms with Crippen molar-refractivity contribution in [3.8, 4) is 5.75 Å². The van der Waals surface area contributed by atoms with E-state index in [0.29, 0.717) is 16.8 Å². The highest BCUT2D eigenvalue weighted by atomic mass is 16.5. The zero-order chi connectivity index (χ0) is 13.8. The lowest BCUT2D eigenvalue weighted by Gasteiger charge is -2.12. The van der Waals surface area contributed by atoms with Gasteiger partial charge in [-0.1, -0.05) is 6.07 Å². The van der Waals surface area contributed by atoms with Crippen molar-refractivity contribution in [2.45, 2.75) is 6.54 Å². The summed E-state index contributed by atoms with van der Waals surface area (Å²) in [5.74, 6) is 0.580. The minimum absolute atomic E-state index is 0.191. The molecule has 2 rings (SSSR count). The third-order valence-corrected chi connectivity index (χ3v) is 2.76. The molecule has 0 saturated carbocycles. The van der Waals surface area contributed by atoms with Crippen molar-refractivity contribution < 1.29 is 14.8 Å². The molecule has 0 unspecified atom stereocenters. The van der Waals surface area contributed by atoms with Gasteiger partial charge in [-0.2, -0.15) is 0 Å². The maximum absolute atomic E-state index is 11.6. The quantitative estimate of drug-likeness (QED) is 0.687. The lowest BCUT2D eigenvalue weighted by Crippen LogP contribution is -2.34. The third kappa shape index (κ3) is 3.01. The van der Waals surface area contributed by atoms with Gasteiger partial charge in [0.1, 0.15) is 5.75 Å². The van der Waals surface area contributed by atoms with Crippen LogP contribution < -0.4 is 15.8 Å². The normalized spacial score (nSPS) is 10.3. The third-order valence-electron chi connectivity index (χ3n) is 2.76. The molecule has 0 radical (unpaired) electrons. The Hall–Kier alpha value is -2.12. The van der Waals surface area contributed by atoms with E-state index in [2.05, 4.69) is 4.98 Å². The van der Waals surface area contributed by atoms with Crippen LogP contribution in [-0.2, 0) is 6.54 Å². The molecule has 19 heavy (non-hydrogen) atoms. The lowest BCUT2D eigenvalue weighted by atomic mass is 9.77. The Bertz CT molecular complexity index is 627. The molecule has 0 atom stereocenters. The van der Waals surface area contributed by atoms with Crippen LogP contribution in [-0.4, -0.2) is 33.8 Å². The molecule has 1 heterocycles. The van der Waals surface area contributed by atoms with Crippen LogP contribution in [0, 0.1) is 0 Å². The number of benzene rings is 1. The van der Waals surface area contributed by atoms with Crippen molar-refractivity contribution in [2.24, 2.45) is 0 Å². The van der Waals surface area contributed by atoms with Gasteiger partial charge < -0.3 is 14.8 Å². The van der Waals surface area contributed by atoms with Crippen LogP contribution in [0.4, 0.5) is 0 Å². The van der Waals surface area contributed by atoms with Gasteiger partial charge in [-0.15, -0.1) is 0 Å². The molecule has 0 bridgehead atoms. The lowest BCUT2D eigenvalue weighted by molar-refractivity contribution is 0.413. The topological polar surface area (TPSA) is 84.6 Å². The summed E-state index contributed by atoms with van der Waals surface area (Å²) in [6.07, 6.45) is 2.81. The summed E-state index contributed by atoms with van der Waals surface area (Å²) in [6.45, 7) is 0.191. The second kappa shape index (κ2) is 5.68. The minimum atomic E-state index is -1.60. The molecule has 1 aromatic carbocycles. The minimum Gasteiger partial charge on any atom is -0.497 e. The summed E-state index contributed by atoms with van der Waals surface area (Å²) in [5.41, 5.74) is 0.706. The molecule has 1 aromatic heterocycles. The van der Waals surface area contributed by atoms with Gasteiger partial charge >= 0.3 is 7.12 Å². The molecule has 7 heteroatoms. The van der Waals surface area contributed by atoms with E-state index in [-0.39, 0.29) is 12.1 Å².